The van der Waals surface area contributed by atoms with E-state index in [2.05, 4.69) is 4.57 Å². The fourth-order valence-electron chi connectivity index (χ4n) is 3.14. The first-order valence-corrected chi connectivity index (χ1v) is 8.28. The van der Waals surface area contributed by atoms with Crippen molar-refractivity contribution >= 4 is 11.9 Å². The molecule has 0 radical (unpaired) electrons. The van der Waals surface area contributed by atoms with Gasteiger partial charge in [-0.1, -0.05) is 60.7 Å². The molecule has 24 heavy (non-hydrogen) atoms. The van der Waals surface area contributed by atoms with Crippen molar-refractivity contribution < 1.29 is 4.79 Å². The van der Waals surface area contributed by atoms with Crippen molar-refractivity contribution in [1.29, 1.82) is 0 Å². The van der Waals surface area contributed by atoms with E-state index < -0.39 is 0 Å². The van der Waals surface area contributed by atoms with Gasteiger partial charge in [0.05, 0.1) is 12.1 Å². The topological polar surface area (TPSA) is 38.1 Å². The molecule has 0 N–H and O–H groups in total. The molecular formula is C20H19N3O. The Kier molecular flexibility index (Phi) is 3.87. The summed E-state index contributed by atoms with van der Waals surface area (Å²) in [5.74, 6) is 0.869. The lowest BCUT2D eigenvalue weighted by molar-refractivity contribution is -0.118. The summed E-state index contributed by atoms with van der Waals surface area (Å²) in [6.45, 7) is 1.64. The van der Waals surface area contributed by atoms with Gasteiger partial charge in [0.1, 0.15) is 0 Å². The Hall–Kier alpha value is -2.88. The van der Waals surface area contributed by atoms with Crippen LogP contribution in [-0.2, 0) is 17.8 Å². The van der Waals surface area contributed by atoms with Gasteiger partial charge in [0.2, 0.25) is 11.9 Å². The smallest absolute Gasteiger partial charge is 0.233 e. The van der Waals surface area contributed by atoms with Crippen LogP contribution in [0.1, 0.15) is 12.0 Å². The minimum atomic E-state index is 0.104. The summed E-state index contributed by atoms with van der Waals surface area (Å²) < 4.78 is 2.09. The van der Waals surface area contributed by atoms with Gasteiger partial charge >= 0.3 is 0 Å². The zero-order chi connectivity index (χ0) is 16.4. The monoisotopic (exact) mass is 317 g/mol. The molecule has 0 spiro atoms. The summed E-state index contributed by atoms with van der Waals surface area (Å²) in [4.78, 5) is 19.3. The van der Waals surface area contributed by atoms with Crippen molar-refractivity contribution in [1.82, 2.24) is 9.55 Å². The van der Waals surface area contributed by atoms with Gasteiger partial charge in [-0.25, -0.2) is 4.98 Å². The van der Waals surface area contributed by atoms with Gasteiger partial charge < -0.3 is 4.57 Å². The second-order valence-corrected chi connectivity index (χ2v) is 6.05. The van der Waals surface area contributed by atoms with Crippen molar-refractivity contribution in [3.63, 3.8) is 0 Å². The van der Waals surface area contributed by atoms with E-state index >= 15 is 0 Å². The maximum atomic E-state index is 12.7. The average molecular weight is 317 g/mol. The summed E-state index contributed by atoms with van der Waals surface area (Å²) in [5.41, 5.74) is 3.04. The predicted octanol–water partition coefficient (Wildman–Crippen LogP) is 3.53. The van der Waals surface area contributed by atoms with Gasteiger partial charge in [0.15, 0.2) is 0 Å². The van der Waals surface area contributed by atoms with E-state index in [1.165, 1.54) is 0 Å². The van der Waals surface area contributed by atoms with Crippen molar-refractivity contribution in [2.24, 2.45) is 0 Å². The van der Waals surface area contributed by atoms with Gasteiger partial charge in [-0.2, -0.15) is 0 Å². The molecule has 0 fully saturated rings. The Morgan fingerprint density at radius 2 is 1.67 bits per heavy atom. The third-order valence-corrected chi connectivity index (χ3v) is 4.35. The van der Waals surface area contributed by atoms with E-state index in [0.717, 1.165) is 42.3 Å². The number of benzene rings is 2. The second-order valence-electron chi connectivity index (χ2n) is 6.05. The molecule has 1 aliphatic rings. The van der Waals surface area contributed by atoms with E-state index in [1.54, 1.807) is 0 Å². The molecule has 4 heteroatoms. The van der Waals surface area contributed by atoms with E-state index in [1.807, 2.05) is 71.8 Å². The van der Waals surface area contributed by atoms with Crippen LogP contribution in [0.15, 0.2) is 66.9 Å². The maximum absolute atomic E-state index is 12.7. The van der Waals surface area contributed by atoms with E-state index in [9.17, 15) is 4.79 Å². The molecular weight excluding hydrogens is 298 g/mol. The van der Waals surface area contributed by atoms with Gasteiger partial charge in [0.25, 0.3) is 0 Å². The molecule has 4 rings (SSSR count). The summed E-state index contributed by atoms with van der Waals surface area (Å²) in [6, 6.07) is 20.0. The molecule has 2 heterocycles. The highest BCUT2D eigenvalue weighted by atomic mass is 16.2. The largest absolute Gasteiger partial charge is 0.316 e. The standard InChI is InChI=1S/C20H19N3O/c24-19(14-16-8-3-1-4-9-16)23-13-7-12-22-15-18(21-20(22)23)17-10-5-2-6-11-17/h1-6,8-11,15H,7,12-14H2. The first kappa shape index (κ1) is 14.7. The van der Waals surface area contributed by atoms with Crippen LogP contribution in [0.4, 0.5) is 5.95 Å². The number of amides is 1. The molecule has 1 aliphatic heterocycles. The van der Waals surface area contributed by atoms with Crippen molar-refractivity contribution in [2.45, 2.75) is 19.4 Å². The molecule has 0 unspecified atom stereocenters. The van der Waals surface area contributed by atoms with Gasteiger partial charge in [-0.3, -0.25) is 9.69 Å². The van der Waals surface area contributed by atoms with Crippen molar-refractivity contribution in [3.05, 3.63) is 72.4 Å². The molecule has 0 saturated carbocycles. The lowest BCUT2D eigenvalue weighted by Gasteiger charge is -2.27. The molecule has 1 aromatic heterocycles. The van der Waals surface area contributed by atoms with Gasteiger partial charge in [0, 0.05) is 24.8 Å². The van der Waals surface area contributed by atoms with E-state index in [-0.39, 0.29) is 5.91 Å². The number of aromatic nitrogens is 2. The van der Waals surface area contributed by atoms with Crippen molar-refractivity contribution in [3.8, 4) is 11.3 Å². The first-order valence-electron chi connectivity index (χ1n) is 8.28. The normalized spacial score (nSPS) is 13.6. The van der Waals surface area contributed by atoms with E-state index in [4.69, 9.17) is 4.98 Å². The SMILES string of the molecule is O=C(Cc1ccccc1)N1CCCn2cc(-c3ccccc3)nc21. The number of hydrogen-bond acceptors (Lipinski definition) is 2. The molecule has 2 aromatic carbocycles. The second kappa shape index (κ2) is 6.32. The molecule has 120 valence electrons. The fourth-order valence-corrected chi connectivity index (χ4v) is 3.14. The Morgan fingerprint density at radius 3 is 2.42 bits per heavy atom. The first-order chi connectivity index (χ1) is 11.8. The summed E-state index contributed by atoms with van der Waals surface area (Å²) in [5, 5.41) is 0. The third kappa shape index (κ3) is 2.83. The zero-order valence-electron chi connectivity index (χ0n) is 13.4. The average Bonchev–Trinajstić information content (AvgIpc) is 3.07. The Balaban J connectivity index is 1.61. The number of hydrogen-bond donors (Lipinski definition) is 0. The molecule has 0 atom stereocenters. The number of anilines is 1. The van der Waals surface area contributed by atoms with Crippen LogP contribution in [0, 0.1) is 0 Å². The Morgan fingerprint density at radius 1 is 0.958 bits per heavy atom. The van der Waals surface area contributed by atoms with Gasteiger partial charge in [-0.15, -0.1) is 0 Å². The minimum absolute atomic E-state index is 0.104. The third-order valence-electron chi connectivity index (χ3n) is 4.35. The highest BCUT2D eigenvalue weighted by Crippen LogP contribution is 2.26. The van der Waals surface area contributed by atoms with Gasteiger partial charge in [-0.05, 0) is 12.0 Å². The van der Waals surface area contributed by atoms with Crippen LogP contribution < -0.4 is 4.90 Å². The number of carbonyl (C=O) groups is 1. The highest BCUT2D eigenvalue weighted by molar-refractivity contribution is 5.93. The number of carbonyl (C=O) groups excluding carboxylic acids is 1. The maximum Gasteiger partial charge on any atom is 0.233 e. The lowest BCUT2D eigenvalue weighted by Crippen LogP contribution is -2.38. The Bertz CT molecular complexity index is 840. The number of aryl methyl sites for hydroxylation is 1. The number of fused-ring (bicyclic) bond motifs is 1. The van der Waals surface area contributed by atoms with Crippen molar-refractivity contribution in [2.75, 3.05) is 11.4 Å². The molecule has 0 aliphatic carbocycles. The molecule has 3 aromatic rings. The Labute approximate surface area is 141 Å². The number of imidazole rings is 1. The summed E-state index contributed by atoms with van der Waals surface area (Å²) >= 11 is 0. The van der Waals surface area contributed by atoms with Crippen LogP contribution in [0.3, 0.4) is 0 Å². The van der Waals surface area contributed by atoms with Crippen LogP contribution in [-0.4, -0.2) is 22.0 Å². The summed E-state index contributed by atoms with van der Waals surface area (Å²) in [6.07, 6.45) is 3.42. The highest BCUT2D eigenvalue weighted by Gasteiger charge is 2.25. The molecule has 0 bridgehead atoms. The van der Waals surface area contributed by atoms with Crippen LogP contribution in [0.25, 0.3) is 11.3 Å². The quantitative estimate of drug-likeness (QED) is 0.741. The molecule has 4 nitrogen and oxygen atoms in total. The van der Waals surface area contributed by atoms with Crippen LogP contribution in [0.2, 0.25) is 0 Å². The van der Waals surface area contributed by atoms with E-state index in [0.29, 0.717) is 6.42 Å². The fraction of sp³-hybridized carbons (Fsp3) is 0.200. The zero-order valence-corrected chi connectivity index (χ0v) is 13.4. The summed E-state index contributed by atoms with van der Waals surface area (Å²) in [7, 11) is 0. The predicted molar refractivity (Wildman–Crippen MR) is 94.8 cm³/mol. The molecule has 1 amide bonds. The number of rotatable bonds is 3. The molecule has 0 saturated heterocycles. The lowest BCUT2D eigenvalue weighted by atomic mass is 10.1. The van der Waals surface area contributed by atoms with Crippen LogP contribution in [0.5, 0.6) is 0 Å². The van der Waals surface area contributed by atoms with Crippen LogP contribution >= 0.6 is 0 Å². The number of nitrogens with zero attached hydrogens (tertiary/aromatic N) is 3. The minimum Gasteiger partial charge on any atom is -0.316 e.